The van der Waals surface area contributed by atoms with E-state index >= 15 is 0 Å². The number of hydrogen-bond acceptors (Lipinski definition) is 5. The molecule has 100 valence electrons. The SMILES string of the molecule is CCNc1ncc(Cl)c(NCCN2CCCC2)n1. The molecular formula is C12H20ClN5. The molecule has 18 heavy (non-hydrogen) atoms. The normalized spacial score (nSPS) is 15.9. The van der Waals surface area contributed by atoms with Crippen LogP contribution in [0.1, 0.15) is 19.8 Å². The molecule has 0 radical (unpaired) electrons. The molecule has 1 aromatic rings. The molecule has 1 saturated heterocycles. The molecule has 6 heteroatoms. The van der Waals surface area contributed by atoms with Gasteiger partial charge in [-0.25, -0.2) is 4.98 Å². The van der Waals surface area contributed by atoms with Gasteiger partial charge in [-0.15, -0.1) is 0 Å². The fourth-order valence-corrected chi connectivity index (χ4v) is 2.23. The van der Waals surface area contributed by atoms with Crippen molar-refractivity contribution >= 4 is 23.4 Å². The molecule has 0 amide bonds. The van der Waals surface area contributed by atoms with Crippen molar-refractivity contribution in [3.8, 4) is 0 Å². The summed E-state index contributed by atoms with van der Waals surface area (Å²) in [5, 5.41) is 6.92. The van der Waals surface area contributed by atoms with E-state index in [1.807, 2.05) is 6.92 Å². The van der Waals surface area contributed by atoms with Gasteiger partial charge in [0.15, 0.2) is 5.82 Å². The molecule has 2 rings (SSSR count). The molecule has 0 saturated carbocycles. The van der Waals surface area contributed by atoms with Crippen LogP contribution >= 0.6 is 11.6 Å². The van der Waals surface area contributed by atoms with Crippen molar-refractivity contribution in [1.82, 2.24) is 14.9 Å². The number of nitrogens with one attached hydrogen (secondary N) is 2. The monoisotopic (exact) mass is 269 g/mol. The van der Waals surface area contributed by atoms with E-state index in [1.165, 1.54) is 25.9 Å². The summed E-state index contributed by atoms with van der Waals surface area (Å²) in [6, 6.07) is 0. The second kappa shape index (κ2) is 6.75. The second-order valence-corrected chi connectivity index (χ2v) is 4.80. The van der Waals surface area contributed by atoms with Gasteiger partial charge in [-0.05, 0) is 32.9 Å². The fraction of sp³-hybridized carbons (Fsp3) is 0.667. The molecule has 0 aliphatic carbocycles. The molecule has 1 aliphatic heterocycles. The molecule has 2 N–H and O–H groups in total. The van der Waals surface area contributed by atoms with Gasteiger partial charge in [-0.1, -0.05) is 11.6 Å². The molecule has 0 spiro atoms. The van der Waals surface area contributed by atoms with Crippen LogP contribution in [-0.4, -0.2) is 47.6 Å². The van der Waals surface area contributed by atoms with E-state index < -0.39 is 0 Å². The van der Waals surface area contributed by atoms with Gasteiger partial charge < -0.3 is 15.5 Å². The molecule has 1 fully saturated rings. The molecule has 0 unspecified atom stereocenters. The Hall–Kier alpha value is -1.07. The fourth-order valence-electron chi connectivity index (χ4n) is 2.07. The van der Waals surface area contributed by atoms with Crippen molar-refractivity contribution in [2.75, 3.05) is 43.4 Å². The summed E-state index contributed by atoms with van der Waals surface area (Å²) < 4.78 is 0. The van der Waals surface area contributed by atoms with Gasteiger partial charge >= 0.3 is 0 Å². The summed E-state index contributed by atoms with van der Waals surface area (Å²) in [4.78, 5) is 10.9. The maximum absolute atomic E-state index is 6.06. The van der Waals surface area contributed by atoms with E-state index in [9.17, 15) is 0 Å². The highest BCUT2D eigenvalue weighted by molar-refractivity contribution is 6.32. The van der Waals surface area contributed by atoms with Crippen molar-refractivity contribution in [2.24, 2.45) is 0 Å². The number of rotatable bonds is 6. The highest BCUT2D eigenvalue weighted by atomic mass is 35.5. The highest BCUT2D eigenvalue weighted by Gasteiger charge is 2.11. The minimum Gasteiger partial charge on any atom is -0.367 e. The van der Waals surface area contributed by atoms with Crippen molar-refractivity contribution < 1.29 is 0 Å². The Morgan fingerprint density at radius 1 is 1.33 bits per heavy atom. The van der Waals surface area contributed by atoms with E-state index in [0.29, 0.717) is 16.8 Å². The number of anilines is 2. The largest absolute Gasteiger partial charge is 0.367 e. The van der Waals surface area contributed by atoms with Crippen molar-refractivity contribution in [3.05, 3.63) is 11.2 Å². The minimum atomic E-state index is 0.568. The Bertz CT molecular complexity index is 379. The first-order valence-electron chi connectivity index (χ1n) is 6.52. The predicted octanol–water partition coefficient (Wildman–Crippen LogP) is 2.07. The van der Waals surface area contributed by atoms with Crippen molar-refractivity contribution in [3.63, 3.8) is 0 Å². The molecule has 0 atom stereocenters. The lowest BCUT2D eigenvalue weighted by Crippen LogP contribution is -2.26. The van der Waals surface area contributed by atoms with Crippen LogP contribution in [0.15, 0.2) is 6.20 Å². The Morgan fingerprint density at radius 3 is 2.83 bits per heavy atom. The zero-order valence-corrected chi connectivity index (χ0v) is 11.5. The first-order chi connectivity index (χ1) is 8.79. The van der Waals surface area contributed by atoms with Gasteiger partial charge in [-0.2, -0.15) is 4.98 Å². The zero-order valence-electron chi connectivity index (χ0n) is 10.7. The number of hydrogen-bond donors (Lipinski definition) is 2. The average molecular weight is 270 g/mol. The summed E-state index contributed by atoms with van der Waals surface area (Å²) >= 11 is 6.06. The van der Waals surface area contributed by atoms with Crippen LogP contribution in [0.5, 0.6) is 0 Å². The minimum absolute atomic E-state index is 0.568. The van der Waals surface area contributed by atoms with Crippen LogP contribution in [-0.2, 0) is 0 Å². The van der Waals surface area contributed by atoms with Gasteiger partial charge in [0.2, 0.25) is 5.95 Å². The molecule has 1 aromatic heterocycles. The van der Waals surface area contributed by atoms with Gasteiger partial charge in [0.1, 0.15) is 5.02 Å². The third-order valence-electron chi connectivity index (χ3n) is 3.00. The van der Waals surface area contributed by atoms with Crippen molar-refractivity contribution in [1.29, 1.82) is 0 Å². The number of halogens is 1. The Balaban J connectivity index is 1.85. The molecule has 2 heterocycles. The third kappa shape index (κ3) is 3.71. The van der Waals surface area contributed by atoms with Crippen LogP contribution in [0, 0.1) is 0 Å². The lowest BCUT2D eigenvalue weighted by molar-refractivity contribution is 0.352. The molecule has 0 bridgehead atoms. The quantitative estimate of drug-likeness (QED) is 0.828. The first-order valence-corrected chi connectivity index (χ1v) is 6.90. The average Bonchev–Trinajstić information content (AvgIpc) is 2.86. The van der Waals surface area contributed by atoms with E-state index in [-0.39, 0.29) is 0 Å². The predicted molar refractivity (Wildman–Crippen MR) is 75.4 cm³/mol. The smallest absolute Gasteiger partial charge is 0.224 e. The van der Waals surface area contributed by atoms with Crippen molar-refractivity contribution in [2.45, 2.75) is 19.8 Å². The van der Waals surface area contributed by atoms with E-state index in [4.69, 9.17) is 11.6 Å². The highest BCUT2D eigenvalue weighted by Crippen LogP contribution is 2.19. The van der Waals surface area contributed by atoms with Crippen LogP contribution in [0.3, 0.4) is 0 Å². The molecular weight excluding hydrogens is 250 g/mol. The van der Waals surface area contributed by atoms with E-state index in [0.717, 1.165) is 19.6 Å². The Labute approximate surface area is 113 Å². The molecule has 1 aliphatic rings. The third-order valence-corrected chi connectivity index (χ3v) is 3.27. The van der Waals surface area contributed by atoms with Crippen LogP contribution in [0.2, 0.25) is 5.02 Å². The summed E-state index contributed by atoms with van der Waals surface area (Å²) in [6.07, 6.45) is 4.27. The molecule has 5 nitrogen and oxygen atoms in total. The lowest BCUT2D eigenvalue weighted by atomic mass is 10.4. The molecule has 0 aromatic carbocycles. The number of nitrogens with zero attached hydrogens (tertiary/aromatic N) is 3. The van der Waals surface area contributed by atoms with Gasteiger partial charge in [0.05, 0.1) is 6.20 Å². The van der Waals surface area contributed by atoms with Crippen LogP contribution in [0.25, 0.3) is 0 Å². The summed E-state index contributed by atoms with van der Waals surface area (Å²) in [5.74, 6) is 1.33. The standard InChI is InChI=1S/C12H20ClN5/c1-2-14-12-16-9-10(13)11(17-12)15-5-8-18-6-3-4-7-18/h9H,2-8H2,1H3,(H2,14,15,16,17). The Morgan fingerprint density at radius 2 is 2.11 bits per heavy atom. The van der Waals surface area contributed by atoms with Gasteiger partial charge in [0.25, 0.3) is 0 Å². The zero-order chi connectivity index (χ0) is 12.8. The summed E-state index contributed by atoms with van der Waals surface area (Å²) in [6.45, 7) is 7.14. The summed E-state index contributed by atoms with van der Waals surface area (Å²) in [7, 11) is 0. The topological polar surface area (TPSA) is 53.1 Å². The lowest BCUT2D eigenvalue weighted by Gasteiger charge is -2.15. The number of aromatic nitrogens is 2. The van der Waals surface area contributed by atoms with Gasteiger partial charge in [0, 0.05) is 19.6 Å². The summed E-state index contributed by atoms with van der Waals surface area (Å²) in [5.41, 5.74) is 0. The number of likely N-dealkylation sites (tertiary alicyclic amines) is 1. The first kappa shape index (κ1) is 13.4. The second-order valence-electron chi connectivity index (χ2n) is 4.40. The maximum Gasteiger partial charge on any atom is 0.224 e. The van der Waals surface area contributed by atoms with E-state index in [1.54, 1.807) is 6.20 Å². The van der Waals surface area contributed by atoms with Crippen LogP contribution < -0.4 is 10.6 Å². The Kier molecular flexibility index (Phi) is 5.01. The van der Waals surface area contributed by atoms with E-state index in [2.05, 4.69) is 25.5 Å². The van der Waals surface area contributed by atoms with Crippen LogP contribution in [0.4, 0.5) is 11.8 Å². The van der Waals surface area contributed by atoms with Gasteiger partial charge in [-0.3, -0.25) is 0 Å². The maximum atomic E-state index is 6.06.